The average Bonchev–Trinajstić information content (AvgIpc) is 3.07. The van der Waals surface area contributed by atoms with Gasteiger partial charge in [-0.2, -0.15) is 0 Å². The first-order chi connectivity index (χ1) is 15.1. The Morgan fingerprint density at radius 1 is 1.03 bits per heavy atom. The van der Waals surface area contributed by atoms with Crippen LogP contribution in [0, 0.1) is 5.82 Å². The minimum absolute atomic E-state index is 0.0238. The molecular formula is C24H24FN2O4+. The van der Waals surface area contributed by atoms with Crippen molar-refractivity contribution >= 4 is 16.9 Å². The first kappa shape index (κ1) is 19.9. The molecule has 1 aromatic heterocycles. The molecule has 0 saturated carbocycles. The van der Waals surface area contributed by atoms with Gasteiger partial charge in [0, 0.05) is 18.5 Å². The van der Waals surface area contributed by atoms with Crippen molar-refractivity contribution < 1.29 is 23.2 Å². The molecule has 0 unspecified atom stereocenters. The van der Waals surface area contributed by atoms with Crippen LogP contribution in [0.4, 0.5) is 4.39 Å². The van der Waals surface area contributed by atoms with Gasteiger partial charge in [-0.3, -0.25) is 9.59 Å². The maximum atomic E-state index is 14.8. The minimum atomic E-state index is -0.788. The molecule has 1 amide bonds. The largest absolute Gasteiger partial charge is 0.450 e. The highest BCUT2D eigenvalue weighted by molar-refractivity contribution is 5.99. The van der Waals surface area contributed by atoms with Crippen molar-refractivity contribution in [3.8, 4) is 0 Å². The van der Waals surface area contributed by atoms with Crippen LogP contribution in [0.5, 0.6) is 0 Å². The number of ether oxygens (including phenoxy) is 1. The van der Waals surface area contributed by atoms with Crippen LogP contribution >= 0.6 is 0 Å². The highest BCUT2D eigenvalue weighted by atomic mass is 19.1. The maximum absolute atomic E-state index is 14.8. The highest BCUT2D eigenvalue weighted by Gasteiger charge is 2.43. The van der Waals surface area contributed by atoms with Crippen LogP contribution in [-0.2, 0) is 4.74 Å². The van der Waals surface area contributed by atoms with Gasteiger partial charge in [-0.1, -0.05) is 30.3 Å². The number of nitrogens with one attached hydrogen (secondary N) is 1. The van der Waals surface area contributed by atoms with Crippen LogP contribution in [0.1, 0.15) is 34.1 Å². The second-order valence-electron chi connectivity index (χ2n) is 8.06. The summed E-state index contributed by atoms with van der Waals surface area (Å²) in [5, 5.41) is 0.398. The maximum Gasteiger partial charge on any atom is 0.290 e. The molecular weight excluding hydrogens is 399 g/mol. The number of carbonyl (C=O) groups is 1. The molecule has 160 valence electrons. The molecule has 2 aromatic carbocycles. The van der Waals surface area contributed by atoms with Crippen molar-refractivity contribution in [2.45, 2.75) is 12.5 Å². The molecule has 2 aliphatic rings. The molecule has 3 heterocycles. The topological polar surface area (TPSA) is 64.2 Å². The second kappa shape index (κ2) is 8.24. The van der Waals surface area contributed by atoms with E-state index >= 15 is 0 Å². The zero-order valence-electron chi connectivity index (χ0n) is 17.1. The number of benzene rings is 2. The minimum Gasteiger partial charge on any atom is -0.450 e. The summed E-state index contributed by atoms with van der Waals surface area (Å²) in [5.41, 5.74) is 0.634. The molecule has 0 bridgehead atoms. The van der Waals surface area contributed by atoms with Crippen molar-refractivity contribution in [3.63, 3.8) is 0 Å². The summed E-state index contributed by atoms with van der Waals surface area (Å²) in [5.74, 6) is -0.775. The number of halogens is 1. The fourth-order valence-electron chi connectivity index (χ4n) is 4.63. The number of amides is 1. The summed E-state index contributed by atoms with van der Waals surface area (Å²) >= 11 is 0. The molecule has 6 nitrogen and oxygen atoms in total. The lowest BCUT2D eigenvalue weighted by Crippen LogP contribution is -3.14. The van der Waals surface area contributed by atoms with Gasteiger partial charge in [0.15, 0.2) is 5.43 Å². The Labute approximate surface area is 178 Å². The van der Waals surface area contributed by atoms with Crippen LogP contribution < -0.4 is 10.3 Å². The van der Waals surface area contributed by atoms with Gasteiger partial charge in [0.25, 0.3) is 5.91 Å². The van der Waals surface area contributed by atoms with Crippen LogP contribution in [0.3, 0.4) is 0 Å². The summed E-state index contributed by atoms with van der Waals surface area (Å²) in [6.07, 6.45) is 0.744. The third kappa shape index (κ3) is 3.54. The van der Waals surface area contributed by atoms with Crippen LogP contribution in [-0.4, -0.2) is 50.2 Å². The van der Waals surface area contributed by atoms with E-state index in [2.05, 4.69) is 0 Å². The smallest absolute Gasteiger partial charge is 0.290 e. The van der Waals surface area contributed by atoms with Gasteiger partial charge in [-0.25, -0.2) is 4.39 Å². The van der Waals surface area contributed by atoms with E-state index in [1.165, 1.54) is 11.0 Å². The first-order valence-electron chi connectivity index (χ1n) is 10.7. The summed E-state index contributed by atoms with van der Waals surface area (Å²) in [4.78, 5) is 29.7. The van der Waals surface area contributed by atoms with E-state index in [4.69, 9.17) is 9.15 Å². The van der Waals surface area contributed by atoms with E-state index in [0.717, 1.165) is 39.3 Å². The molecule has 0 radical (unpaired) electrons. The van der Waals surface area contributed by atoms with E-state index < -0.39 is 11.9 Å². The number of morpholine rings is 1. The first-order valence-corrected chi connectivity index (χ1v) is 10.7. The zero-order valence-corrected chi connectivity index (χ0v) is 17.1. The molecule has 2 aliphatic heterocycles. The number of quaternary nitrogens is 1. The molecule has 5 rings (SSSR count). The number of hydrogen-bond acceptors (Lipinski definition) is 4. The molecule has 0 aliphatic carbocycles. The van der Waals surface area contributed by atoms with Gasteiger partial charge in [-0.05, 0) is 18.2 Å². The van der Waals surface area contributed by atoms with Gasteiger partial charge in [-0.15, -0.1) is 0 Å². The van der Waals surface area contributed by atoms with E-state index in [0.29, 0.717) is 23.1 Å². The summed E-state index contributed by atoms with van der Waals surface area (Å²) in [6.45, 7) is 4.67. The lowest BCUT2D eigenvalue weighted by molar-refractivity contribution is -0.908. The van der Waals surface area contributed by atoms with Crippen molar-refractivity contribution in [1.82, 2.24) is 4.90 Å². The van der Waals surface area contributed by atoms with Gasteiger partial charge in [0.1, 0.15) is 24.5 Å². The molecule has 1 saturated heterocycles. The van der Waals surface area contributed by atoms with Gasteiger partial charge < -0.3 is 19.0 Å². The van der Waals surface area contributed by atoms with Crippen molar-refractivity contribution in [2.24, 2.45) is 0 Å². The van der Waals surface area contributed by atoms with E-state index in [1.54, 1.807) is 47.4 Å². The lowest BCUT2D eigenvalue weighted by Gasteiger charge is -2.27. The summed E-state index contributed by atoms with van der Waals surface area (Å²) in [7, 11) is 0. The Balaban J connectivity index is 1.54. The monoisotopic (exact) mass is 423 g/mol. The standard InChI is InChI=1S/C24H23FN2O4/c25-18-8-3-1-6-16(18)21-20-22(28)17-7-2-4-9-19(17)31-23(20)24(29)27(21)11-5-10-26-12-14-30-15-13-26/h1-4,6-9,21H,5,10-15H2/p+1/t21-/m1/s1. The zero-order chi connectivity index (χ0) is 21.4. The molecule has 31 heavy (non-hydrogen) atoms. The van der Waals surface area contributed by atoms with E-state index in [-0.39, 0.29) is 22.7 Å². The summed E-state index contributed by atoms with van der Waals surface area (Å²) in [6, 6.07) is 12.4. The van der Waals surface area contributed by atoms with Gasteiger partial charge in [0.05, 0.1) is 36.8 Å². The third-order valence-corrected chi connectivity index (χ3v) is 6.20. The number of nitrogens with zero attached hydrogens (tertiary/aromatic N) is 1. The molecule has 1 atom stereocenters. The second-order valence-corrected chi connectivity index (χ2v) is 8.06. The predicted octanol–water partition coefficient (Wildman–Crippen LogP) is 1.78. The SMILES string of the molecule is O=C1c2oc3ccccc3c(=O)c2[C@@H](c2ccccc2F)N1CCC[NH+]1CCOCC1. The van der Waals surface area contributed by atoms with E-state index in [1.807, 2.05) is 0 Å². The number of fused-ring (bicyclic) bond motifs is 2. The number of para-hydroxylation sites is 1. The highest BCUT2D eigenvalue weighted by Crippen LogP contribution is 2.38. The molecule has 0 spiro atoms. The van der Waals surface area contributed by atoms with Crippen LogP contribution in [0.2, 0.25) is 0 Å². The van der Waals surface area contributed by atoms with Crippen molar-refractivity contribution in [2.75, 3.05) is 39.4 Å². The molecule has 1 fully saturated rings. The molecule has 7 heteroatoms. The Morgan fingerprint density at radius 2 is 1.77 bits per heavy atom. The van der Waals surface area contributed by atoms with Crippen molar-refractivity contribution in [1.29, 1.82) is 0 Å². The Bertz CT molecular complexity index is 1190. The normalized spacial score (nSPS) is 19.2. The lowest BCUT2D eigenvalue weighted by atomic mass is 9.98. The van der Waals surface area contributed by atoms with E-state index in [9.17, 15) is 14.0 Å². The van der Waals surface area contributed by atoms with Crippen LogP contribution in [0.25, 0.3) is 11.0 Å². The predicted molar refractivity (Wildman–Crippen MR) is 113 cm³/mol. The fraction of sp³-hybridized carbons (Fsp3) is 0.333. The molecule has 1 N–H and O–H groups in total. The number of hydrogen-bond donors (Lipinski definition) is 1. The number of carbonyl (C=O) groups excluding carboxylic acids is 1. The van der Waals surface area contributed by atoms with Crippen molar-refractivity contribution in [3.05, 3.63) is 81.5 Å². The summed E-state index contributed by atoms with van der Waals surface area (Å²) < 4.78 is 26.1. The third-order valence-electron chi connectivity index (χ3n) is 6.20. The quantitative estimate of drug-likeness (QED) is 0.680. The number of rotatable bonds is 5. The Hall–Kier alpha value is -3.03. The van der Waals surface area contributed by atoms with Gasteiger partial charge in [0.2, 0.25) is 5.76 Å². The Kier molecular flexibility index (Phi) is 5.29. The van der Waals surface area contributed by atoms with Crippen LogP contribution in [0.15, 0.2) is 57.7 Å². The van der Waals surface area contributed by atoms with Gasteiger partial charge >= 0.3 is 0 Å². The average molecular weight is 423 g/mol. The fourth-order valence-corrected chi connectivity index (χ4v) is 4.63. The Morgan fingerprint density at radius 3 is 2.58 bits per heavy atom. The molecule has 3 aromatic rings.